The van der Waals surface area contributed by atoms with E-state index in [1.54, 1.807) is 24.3 Å². The molecule has 31 heavy (non-hydrogen) atoms. The molecule has 1 amide bonds. The molecule has 8 heteroatoms. The van der Waals surface area contributed by atoms with Crippen molar-refractivity contribution in [3.63, 3.8) is 0 Å². The molecule has 7 nitrogen and oxygen atoms in total. The lowest BCUT2D eigenvalue weighted by molar-refractivity contribution is -0.141. The van der Waals surface area contributed by atoms with E-state index in [0.717, 1.165) is 42.5 Å². The van der Waals surface area contributed by atoms with Gasteiger partial charge in [-0.3, -0.25) is 9.59 Å². The van der Waals surface area contributed by atoms with Crippen LogP contribution >= 0.6 is 11.6 Å². The van der Waals surface area contributed by atoms with Crippen LogP contribution in [0.2, 0.25) is 5.02 Å². The third kappa shape index (κ3) is 6.72. The standard InChI is InChI=1S/C23H26ClN3O4/c1-30-23(29)15-27-20-8-5-4-7-19(20)26-21(27)9-3-2-6-14-25-22(28)16-31-18-12-10-17(24)11-13-18/h4-5,7-8,10-13H,2-3,6,9,14-16H2,1H3,(H,25,28). The maximum atomic E-state index is 11.9. The van der Waals surface area contributed by atoms with Crippen LogP contribution in [0.5, 0.6) is 5.75 Å². The summed E-state index contributed by atoms with van der Waals surface area (Å²) in [5.74, 6) is 1.02. The molecule has 3 aromatic rings. The number of ether oxygens (including phenoxy) is 2. The first-order valence-corrected chi connectivity index (χ1v) is 10.6. The minimum Gasteiger partial charge on any atom is -0.484 e. The number of imidazole rings is 1. The van der Waals surface area contributed by atoms with Crippen molar-refractivity contribution < 1.29 is 19.1 Å². The minimum atomic E-state index is -0.298. The topological polar surface area (TPSA) is 82.5 Å². The van der Waals surface area contributed by atoms with Gasteiger partial charge in [-0.25, -0.2) is 4.98 Å². The Kier molecular flexibility index (Phi) is 8.29. The average molecular weight is 444 g/mol. The van der Waals surface area contributed by atoms with Crippen LogP contribution in [0, 0.1) is 0 Å². The van der Waals surface area contributed by atoms with Gasteiger partial charge in [0.2, 0.25) is 0 Å². The van der Waals surface area contributed by atoms with Crippen LogP contribution < -0.4 is 10.1 Å². The number of carbonyl (C=O) groups excluding carboxylic acids is 2. The number of nitrogens with one attached hydrogen (secondary N) is 1. The number of unbranched alkanes of at least 4 members (excludes halogenated alkanes) is 2. The van der Waals surface area contributed by atoms with E-state index in [0.29, 0.717) is 17.3 Å². The number of fused-ring (bicyclic) bond motifs is 1. The van der Waals surface area contributed by atoms with Crippen molar-refractivity contribution >= 4 is 34.5 Å². The maximum absolute atomic E-state index is 11.9. The van der Waals surface area contributed by atoms with Crippen molar-refractivity contribution in [3.8, 4) is 5.75 Å². The molecule has 1 heterocycles. The van der Waals surface area contributed by atoms with Crippen LogP contribution in [0.15, 0.2) is 48.5 Å². The summed E-state index contributed by atoms with van der Waals surface area (Å²) in [6.45, 7) is 0.705. The average Bonchev–Trinajstić information content (AvgIpc) is 3.12. The summed E-state index contributed by atoms with van der Waals surface area (Å²) >= 11 is 5.82. The zero-order chi connectivity index (χ0) is 22.1. The molecule has 164 valence electrons. The van der Waals surface area contributed by atoms with Gasteiger partial charge in [0.1, 0.15) is 18.1 Å². The zero-order valence-electron chi connectivity index (χ0n) is 17.5. The second kappa shape index (κ2) is 11.4. The molecule has 0 saturated heterocycles. The van der Waals surface area contributed by atoms with Crippen molar-refractivity contribution in [2.24, 2.45) is 0 Å². The Balaban J connectivity index is 1.39. The number of hydrogen-bond acceptors (Lipinski definition) is 5. The van der Waals surface area contributed by atoms with E-state index in [1.165, 1.54) is 7.11 Å². The van der Waals surface area contributed by atoms with Gasteiger partial charge in [0.25, 0.3) is 5.91 Å². The number of amides is 1. The van der Waals surface area contributed by atoms with Gasteiger partial charge in [-0.1, -0.05) is 30.2 Å². The molecule has 0 radical (unpaired) electrons. The SMILES string of the molecule is COC(=O)Cn1c(CCCCCNC(=O)COc2ccc(Cl)cc2)nc2ccccc21. The molecule has 0 aliphatic carbocycles. The van der Waals surface area contributed by atoms with E-state index >= 15 is 0 Å². The summed E-state index contributed by atoms with van der Waals surface area (Å²) < 4.78 is 12.2. The molecule has 0 aliphatic heterocycles. The maximum Gasteiger partial charge on any atom is 0.325 e. The zero-order valence-corrected chi connectivity index (χ0v) is 18.2. The summed E-state index contributed by atoms with van der Waals surface area (Å²) in [6, 6.07) is 14.6. The van der Waals surface area contributed by atoms with Gasteiger partial charge in [-0.15, -0.1) is 0 Å². The van der Waals surface area contributed by atoms with Crippen molar-refractivity contribution in [2.45, 2.75) is 32.2 Å². The number of benzene rings is 2. The van der Waals surface area contributed by atoms with Gasteiger partial charge in [-0.05, 0) is 49.2 Å². The van der Waals surface area contributed by atoms with E-state index in [1.807, 2.05) is 28.8 Å². The summed E-state index contributed by atoms with van der Waals surface area (Å²) in [4.78, 5) is 28.3. The molecule has 0 spiro atoms. The lowest BCUT2D eigenvalue weighted by Crippen LogP contribution is -2.29. The molecule has 0 bridgehead atoms. The number of aromatic nitrogens is 2. The van der Waals surface area contributed by atoms with E-state index in [2.05, 4.69) is 10.3 Å². The monoisotopic (exact) mass is 443 g/mol. The second-order valence-electron chi connectivity index (χ2n) is 7.08. The number of halogens is 1. The van der Waals surface area contributed by atoms with E-state index in [4.69, 9.17) is 21.1 Å². The molecule has 1 N–H and O–H groups in total. The van der Waals surface area contributed by atoms with E-state index < -0.39 is 0 Å². The largest absolute Gasteiger partial charge is 0.484 e. The highest BCUT2D eigenvalue weighted by Crippen LogP contribution is 2.18. The van der Waals surface area contributed by atoms with Crippen LogP contribution in [-0.2, 0) is 27.3 Å². The predicted molar refractivity (Wildman–Crippen MR) is 119 cm³/mol. The number of rotatable bonds is 11. The first-order chi connectivity index (χ1) is 15.1. The number of aryl methyl sites for hydroxylation is 1. The second-order valence-corrected chi connectivity index (χ2v) is 7.52. The Hall–Kier alpha value is -3.06. The quantitative estimate of drug-likeness (QED) is 0.360. The van der Waals surface area contributed by atoms with Crippen LogP contribution in [0.4, 0.5) is 0 Å². The van der Waals surface area contributed by atoms with Crippen LogP contribution in [0.1, 0.15) is 25.1 Å². The number of carbonyl (C=O) groups is 2. The van der Waals surface area contributed by atoms with E-state index in [-0.39, 0.29) is 25.0 Å². The fourth-order valence-corrected chi connectivity index (χ4v) is 3.36. The molecular weight excluding hydrogens is 418 g/mol. The molecule has 0 unspecified atom stereocenters. The predicted octanol–water partition coefficient (Wildman–Crippen LogP) is 3.77. The van der Waals surface area contributed by atoms with E-state index in [9.17, 15) is 9.59 Å². The number of esters is 1. The minimum absolute atomic E-state index is 0.0286. The molecule has 1 aromatic heterocycles. The highest BCUT2D eigenvalue weighted by molar-refractivity contribution is 6.30. The number of hydrogen-bond donors (Lipinski definition) is 1. The van der Waals surface area contributed by atoms with Crippen LogP contribution in [-0.4, -0.2) is 41.7 Å². The van der Waals surface area contributed by atoms with Gasteiger partial charge in [0.15, 0.2) is 6.61 Å². The molecule has 0 saturated carbocycles. The fourth-order valence-electron chi connectivity index (χ4n) is 3.23. The third-order valence-electron chi connectivity index (χ3n) is 4.83. The molecule has 0 fully saturated rings. The Morgan fingerprint density at radius 1 is 1.06 bits per heavy atom. The van der Waals surface area contributed by atoms with Crippen LogP contribution in [0.3, 0.4) is 0 Å². The summed E-state index contributed by atoms with van der Waals surface area (Å²) in [7, 11) is 1.38. The molecule has 0 aliphatic rings. The fraction of sp³-hybridized carbons (Fsp3) is 0.348. The van der Waals surface area contributed by atoms with Gasteiger partial charge in [-0.2, -0.15) is 0 Å². The number of methoxy groups -OCH3 is 1. The summed E-state index contributed by atoms with van der Waals surface area (Å²) in [6.07, 6.45) is 3.44. The first kappa shape index (κ1) is 22.6. The Labute approximate surface area is 186 Å². The van der Waals surface area contributed by atoms with Gasteiger partial charge in [0, 0.05) is 18.0 Å². The molecule has 3 rings (SSSR count). The van der Waals surface area contributed by atoms with Crippen molar-refractivity contribution in [3.05, 3.63) is 59.4 Å². The Morgan fingerprint density at radius 2 is 1.84 bits per heavy atom. The molecular formula is C23H26ClN3O4. The lowest BCUT2D eigenvalue weighted by Gasteiger charge is -2.09. The normalized spacial score (nSPS) is 10.8. The Bertz CT molecular complexity index is 1020. The third-order valence-corrected chi connectivity index (χ3v) is 5.08. The molecule has 2 aromatic carbocycles. The van der Waals surface area contributed by atoms with Gasteiger partial charge in [0.05, 0.1) is 18.1 Å². The lowest BCUT2D eigenvalue weighted by atomic mass is 10.2. The Morgan fingerprint density at radius 3 is 2.61 bits per heavy atom. The van der Waals surface area contributed by atoms with Crippen molar-refractivity contribution in [2.75, 3.05) is 20.3 Å². The van der Waals surface area contributed by atoms with Crippen molar-refractivity contribution in [1.82, 2.24) is 14.9 Å². The van der Waals surface area contributed by atoms with Gasteiger partial charge >= 0.3 is 5.97 Å². The first-order valence-electron chi connectivity index (χ1n) is 10.2. The number of para-hydroxylation sites is 2. The summed E-state index contributed by atoms with van der Waals surface area (Å²) in [5, 5.41) is 3.48. The smallest absolute Gasteiger partial charge is 0.325 e. The van der Waals surface area contributed by atoms with Crippen LogP contribution in [0.25, 0.3) is 11.0 Å². The highest BCUT2D eigenvalue weighted by Gasteiger charge is 2.13. The van der Waals surface area contributed by atoms with Gasteiger partial charge < -0.3 is 19.4 Å². The van der Waals surface area contributed by atoms with Crippen molar-refractivity contribution in [1.29, 1.82) is 0 Å². The number of nitrogens with zero attached hydrogens (tertiary/aromatic N) is 2. The summed E-state index contributed by atoms with van der Waals surface area (Å²) in [5.41, 5.74) is 1.80. The molecule has 0 atom stereocenters. The highest BCUT2D eigenvalue weighted by atomic mass is 35.5.